The van der Waals surface area contributed by atoms with Gasteiger partial charge in [0.2, 0.25) is 5.91 Å². The third kappa shape index (κ3) is 2.93. The van der Waals surface area contributed by atoms with E-state index in [-0.39, 0.29) is 5.91 Å². The fraction of sp³-hybridized carbons (Fsp3) is 0.500. The van der Waals surface area contributed by atoms with Crippen molar-refractivity contribution in [2.75, 3.05) is 18.0 Å². The first-order valence-electron chi connectivity index (χ1n) is 6.33. The Bertz CT molecular complexity index is 445. The van der Waals surface area contributed by atoms with Gasteiger partial charge < -0.3 is 10.2 Å². The number of amides is 1. The predicted octanol–water partition coefficient (Wildman–Crippen LogP) is 2.94. The van der Waals surface area contributed by atoms with Crippen LogP contribution < -0.4 is 10.2 Å². The van der Waals surface area contributed by atoms with Crippen LogP contribution in [0.15, 0.2) is 28.7 Å². The van der Waals surface area contributed by atoms with Crippen LogP contribution in [0, 0.1) is 0 Å². The molecule has 1 fully saturated rings. The monoisotopic (exact) mass is 310 g/mol. The van der Waals surface area contributed by atoms with Crippen molar-refractivity contribution < 1.29 is 4.79 Å². The molecule has 1 saturated heterocycles. The van der Waals surface area contributed by atoms with Crippen molar-refractivity contribution in [3.8, 4) is 0 Å². The molecule has 1 aromatic carbocycles. The molecular formula is C14H19BrN2O. The molecule has 98 valence electrons. The van der Waals surface area contributed by atoms with E-state index in [2.05, 4.69) is 21.2 Å². The number of nitrogens with one attached hydrogen (secondary N) is 1. The number of hydrogen-bond acceptors (Lipinski definition) is 2. The van der Waals surface area contributed by atoms with Crippen LogP contribution >= 0.6 is 15.9 Å². The van der Waals surface area contributed by atoms with Gasteiger partial charge in [-0.1, -0.05) is 22.0 Å². The summed E-state index contributed by atoms with van der Waals surface area (Å²) in [5, 5.41) is 3.32. The molecule has 1 aliphatic heterocycles. The number of anilines is 1. The first kappa shape index (κ1) is 13.6. The van der Waals surface area contributed by atoms with E-state index in [0.717, 1.165) is 36.1 Å². The molecule has 0 saturated carbocycles. The van der Waals surface area contributed by atoms with E-state index in [1.807, 2.05) is 43.0 Å². The maximum absolute atomic E-state index is 12.6. The summed E-state index contributed by atoms with van der Waals surface area (Å²) in [5.41, 5.74) is 0.467. The average molecular weight is 311 g/mol. The number of carbonyl (C=O) groups excluding carboxylic acids is 1. The highest BCUT2D eigenvalue weighted by atomic mass is 79.9. The summed E-state index contributed by atoms with van der Waals surface area (Å²) in [7, 11) is 0. The van der Waals surface area contributed by atoms with E-state index in [0.29, 0.717) is 0 Å². The van der Waals surface area contributed by atoms with E-state index in [1.54, 1.807) is 0 Å². The first-order chi connectivity index (χ1) is 8.50. The van der Waals surface area contributed by atoms with Gasteiger partial charge in [-0.15, -0.1) is 0 Å². The van der Waals surface area contributed by atoms with Crippen LogP contribution in [0.1, 0.15) is 26.7 Å². The van der Waals surface area contributed by atoms with E-state index < -0.39 is 5.54 Å². The van der Waals surface area contributed by atoms with Crippen molar-refractivity contribution in [2.24, 2.45) is 0 Å². The lowest BCUT2D eigenvalue weighted by Crippen LogP contribution is -2.56. The summed E-state index contributed by atoms with van der Waals surface area (Å²) in [4.78, 5) is 14.5. The van der Waals surface area contributed by atoms with Crippen LogP contribution in [0.4, 0.5) is 5.69 Å². The maximum atomic E-state index is 12.6. The second-order valence-electron chi connectivity index (χ2n) is 5.20. The lowest BCUT2D eigenvalue weighted by molar-refractivity contribution is -0.124. The molecule has 1 N–H and O–H groups in total. The minimum Gasteiger partial charge on any atom is -0.311 e. The number of hydrogen-bond donors (Lipinski definition) is 1. The predicted molar refractivity (Wildman–Crippen MR) is 77.8 cm³/mol. The highest BCUT2D eigenvalue weighted by Crippen LogP contribution is 2.24. The van der Waals surface area contributed by atoms with Gasteiger partial charge in [-0.05, 0) is 51.4 Å². The molecule has 1 amide bonds. The molecule has 3 nitrogen and oxygen atoms in total. The molecule has 0 radical (unpaired) electrons. The number of benzene rings is 1. The minimum atomic E-state index is -0.497. The lowest BCUT2D eigenvalue weighted by atomic mass is 10.0. The van der Waals surface area contributed by atoms with Crippen LogP contribution in [0.5, 0.6) is 0 Å². The van der Waals surface area contributed by atoms with E-state index >= 15 is 0 Å². The van der Waals surface area contributed by atoms with Crippen LogP contribution in [-0.4, -0.2) is 24.5 Å². The van der Waals surface area contributed by atoms with E-state index in [1.165, 1.54) is 0 Å². The molecule has 0 spiro atoms. The van der Waals surface area contributed by atoms with Crippen molar-refractivity contribution >= 4 is 27.5 Å². The summed E-state index contributed by atoms with van der Waals surface area (Å²) in [5.74, 6) is 0.139. The van der Waals surface area contributed by atoms with Crippen LogP contribution in [0.25, 0.3) is 0 Å². The van der Waals surface area contributed by atoms with E-state index in [9.17, 15) is 4.79 Å². The Balaban J connectivity index is 2.31. The van der Waals surface area contributed by atoms with Gasteiger partial charge in [-0.2, -0.15) is 0 Å². The van der Waals surface area contributed by atoms with Gasteiger partial charge in [0.25, 0.3) is 0 Å². The third-order valence-corrected chi connectivity index (χ3v) is 3.77. The summed E-state index contributed by atoms with van der Waals surface area (Å²) in [6.07, 6.45) is 2.13. The van der Waals surface area contributed by atoms with Crippen LogP contribution in [0.3, 0.4) is 0 Å². The summed E-state index contributed by atoms with van der Waals surface area (Å²) in [6.45, 7) is 5.60. The van der Waals surface area contributed by atoms with Crippen molar-refractivity contribution in [1.29, 1.82) is 0 Å². The Morgan fingerprint density at radius 3 is 2.83 bits per heavy atom. The topological polar surface area (TPSA) is 32.3 Å². The van der Waals surface area contributed by atoms with Gasteiger partial charge in [0.05, 0.1) is 5.54 Å². The van der Waals surface area contributed by atoms with Gasteiger partial charge in [0.15, 0.2) is 0 Å². The van der Waals surface area contributed by atoms with Gasteiger partial charge in [-0.3, -0.25) is 4.79 Å². The standard InChI is InChI=1S/C14H19BrN2O/c1-14(2)13(18)17(9-4-3-8-16-14)12-7-5-6-11(15)10-12/h5-7,10,16H,3-4,8-9H2,1-2H3. The molecule has 4 heteroatoms. The normalized spacial score (nSPS) is 20.4. The van der Waals surface area contributed by atoms with Gasteiger partial charge in [0.1, 0.15) is 0 Å². The largest absolute Gasteiger partial charge is 0.311 e. The fourth-order valence-electron chi connectivity index (χ4n) is 2.20. The summed E-state index contributed by atoms with van der Waals surface area (Å²) >= 11 is 3.46. The minimum absolute atomic E-state index is 0.139. The molecule has 0 unspecified atom stereocenters. The number of halogens is 1. The fourth-order valence-corrected chi connectivity index (χ4v) is 2.59. The third-order valence-electron chi connectivity index (χ3n) is 3.28. The Labute approximate surface area is 117 Å². The zero-order valence-electron chi connectivity index (χ0n) is 10.9. The second kappa shape index (κ2) is 5.41. The van der Waals surface area contributed by atoms with Crippen molar-refractivity contribution in [3.05, 3.63) is 28.7 Å². The zero-order chi connectivity index (χ0) is 13.2. The molecule has 1 aromatic rings. The quantitative estimate of drug-likeness (QED) is 0.865. The van der Waals surface area contributed by atoms with E-state index in [4.69, 9.17) is 0 Å². The molecule has 1 heterocycles. The Kier molecular flexibility index (Phi) is 4.07. The van der Waals surface area contributed by atoms with Crippen molar-refractivity contribution in [1.82, 2.24) is 5.32 Å². The molecular weight excluding hydrogens is 292 g/mol. The maximum Gasteiger partial charge on any atom is 0.246 e. The van der Waals surface area contributed by atoms with Gasteiger partial charge in [-0.25, -0.2) is 0 Å². The molecule has 0 bridgehead atoms. The number of carbonyl (C=O) groups is 1. The highest BCUT2D eigenvalue weighted by Gasteiger charge is 2.33. The summed E-state index contributed by atoms with van der Waals surface area (Å²) in [6, 6.07) is 7.92. The van der Waals surface area contributed by atoms with Crippen LogP contribution in [-0.2, 0) is 4.79 Å². The number of nitrogens with zero attached hydrogens (tertiary/aromatic N) is 1. The molecule has 0 aliphatic carbocycles. The van der Waals surface area contributed by atoms with Crippen LogP contribution in [0.2, 0.25) is 0 Å². The summed E-state index contributed by atoms with van der Waals surface area (Å²) < 4.78 is 1.00. The van der Waals surface area contributed by atoms with Gasteiger partial charge in [0, 0.05) is 16.7 Å². The Hall–Kier alpha value is -0.870. The SMILES string of the molecule is CC1(C)NCCCCN(c2cccc(Br)c2)C1=O. The Morgan fingerprint density at radius 2 is 2.11 bits per heavy atom. The lowest BCUT2D eigenvalue weighted by Gasteiger charge is -2.35. The molecule has 18 heavy (non-hydrogen) atoms. The second-order valence-corrected chi connectivity index (χ2v) is 6.11. The first-order valence-corrected chi connectivity index (χ1v) is 7.12. The highest BCUT2D eigenvalue weighted by molar-refractivity contribution is 9.10. The van der Waals surface area contributed by atoms with Crippen molar-refractivity contribution in [2.45, 2.75) is 32.2 Å². The molecule has 0 aromatic heterocycles. The van der Waals surface area contributed by atoms with Crippen molar-refractivity contribution in [3.63, 3.8) is 0 Å². The van der Waals surface area contributed by atoms with Gasteiger partial charge >= 0.3 is 0 Å². The molecule has 0 atom stereocenters. The number of rotatable bonds is 1. The zero-order valence-corrected chi connectivity index (χ0v) is 12.5. The average Bonchev–Trinajstić information content (AvgIpc) is 2.31. The Morgan fingerprint density at radius 1 is 1.33 bits per heavy atom. The smallest absolute Gasteiger partial charge is 0.246 e. The molecule has 1 aliphatic rings. The molecule has 2 rings (SSSR count).